The van der Waals surface area contributed by atoms with E-state index < -0.39 is 11.6 Å². The number of benzene rings is 1. The maximum absolute atomic E-state index is 13.1. The Kier molecular flexibility index (Phi) is 3.91. The van der Waals surface area contributed by atoms with Crippen LogP contribution in [0.3, 0.4) is 0 Å². The molecule has 1 N–H and O–H groups in total. The second kappa shape index (κ2) is 5.44. The van der Waals surface area contributed by atoms with Crippen LogP contribution in [-0.4, -0.2) is 30.4 Å². The van der Waals surface area contributed by atoms with E-state index in [2.05, 4.69) is 5.32 Å². The number of nitrogens with one attached hydrogen (secondary N) is 1. The number of hydrogen-bond acceptors (Lipinski definition) is 2. The van der Waals surface area contributed by atoms with Gasteiger partial charge in [-0.3, -0.25) is 4.79 Å². The molecule has 0 aliphatic carbocycles. The van der Waals surface area contributed by atoms with Crippen molar-refractivity contribution < 1.29 is 13.6 Å². The summed E-state index contributed by atoms with van der Waals surface area (Å²) >= 11 is 0. The van der Waals surface area contributed by atoms with Crippen LogP contribution in [0.15, 0.2) is 18.2 Å². The first-order chi connectivity index (χ1) is 8.61. The van der Waals surface area contributed by atoms with Crippen LogP contribution in [0.5, 0.6) is 0 Å². The predicted molar refractivity (Wildman–Crippen MR) is 63.9 cm³/mol. The summed E-state index contributed by atoms with van der Waals surface area (Å²) in [6.07, 6.45) is 1.74. The van der Waals surface area contributed by atoms with Gasteiger partial charge in [0.15, 0.2) is 11.6 Å². The highest BCUT2D eigenvalue weighted by atomic mass is 19.2. The fourth-order valence-corrected chi connectivity index (χ4v) is 2.22. The van der Waals surface area contributed by atoms with Crippen molar-refractivity contribution in [3.63, 3.8) is 0 Å². The van der Waals surface area contributed by atoms with Gasteiger partial charge >= 0.3 is 0 Å². The van der Waals surface area contributed by atoms with Crippen molar-refractivity contribution in [1.29, 1.82) is 0 Å². The van der Waals surface area contributed by atoms with Crippen LogP contribution >= 0.6 is 0 Å². The van der Waals surface area contributed by atoms with Crippen molar-refractivity contribution in [2.75, 3.05) is 13.6 Å². The zero-order valence-corrected chi connectivity index (χ0v) is 10.2. The lowest BCUT2D eigenvalue weighted by Crippen LogP contribution is -2.49. The van der Waals surface area contributed by atoms with Crippen LogP contribution in [0.2, 0.25) is 0 Å². The molecular weight excluding hydrogens is 238 g/mol. The number of nitrogens with zero attached hydrogens (tertiary/aromatic N) is 1. The summed E-state index contributed by atoms with van der Waals surface area (Å²) in [6.45, 7) is 0.990. The highest BCUT2D eigenvalue weighted by Crippen LogP contribution is 2.16. The molecule has 5 heteroatoms. The summed E-state index contributed by atoms with van der Waals surface area (Å²) in [5, 5.41) is 2.96. The SMILES string of the molecule is CNC1CCCN(Cc2ccc(F)c(F)c2)C1=O. The van der Waals surface area contributed by atoms with E-state index >= 15 is 0 Å². The van der Waals surface area contributed by atoms with Crippen molar-refractivity contribution in [3.8, 4) is 0 Å². The van der Waals surface area contributed by atoms with Crippen LogP contribution in [-0.2, 0) is 11.3 Å². The number of carbonyl (C=O) groups is 1. The van der Waals surface area contributed by atoms with Crippen molar-refractivity contribution in [1.82, 2.24) is 10.2 Å². The summed E-state index contributed by atoms with van der Waals surface area (Å²) in [7, 11) is 1.75. The molecule has 98 valence electrons. The molecule has 2 rings (SSSR count). The Balaban J connectivity index is 2.08. The molecule has 1 atom stereocenters. The third-order valence-electron chi connectivity index (χ3n) is 3.24. The molecule has 1 aliphatic heterocycles. The number of likely N-dealkylation sites (tertiary alicyclic amines) is 1. The third-order valence-corrected chi connectivity index (χ3v) is 3.24. The largest absolute Gasteiger partial charge is 0.337 e. The van der Waals surface area contributed by atoms with Gasteiger partial charge < -0.3 is 10.2 Å². The Labute approximate surface area is 105 Å². The maximum Gasteiger partial charge on any atom is 0.239 e. The first-order valence-electron chi connectivity index (χ1n) is 6.02. The number of carbonyl (C=O) groups excluding carboxylic acids is 1. The third kappa shape index (κ3) is 2.67. The van der Waals surface area contributed by atoms with Crippen LogP contribution in [0.1, 0.15) is 18.4 Å². The number of rotatable bonds is 3. The Morgan fingerprint density at radius 1 is 1.39 bits per heavy atom. The molecule has 18 heavy (non-hydrogen) atoms. The number of likely N-dealkylation sites (N-methyl/N-ethyl adjacent to an activating group) is 1. The Hall–Kier alpha value is -1.49. The molecule has 1 aromatic rings. The highest BCUT2D eigenvalue weighted by Gasteiger charge is 2.27. The lowest BCUT2D eigenvalue weighted by Gasteiger charge is -2.32. The Morgan fingerprint density at radius 2 is 2.17 bits per heavy atom. The predicted octanol–water partition coefficient (Wildman–Crippen LogP) is 1.68. The minimum Gasteiger partial charge on any atom is -0.337 e. The van der Waals surface area contributed by atoms with Gasteiger partial charge in [-0.1, -0.05) is 6.07 Å². The van der Waals surface area contributed by atoms with E-state index in [1.54, 1.807) is 11.9 Å². The molecule has 1 fully saturated rings. The van der Waals surface area contributed by atoms with Crippen molar-refractivity contribution in [2.45, 2.75) is 25.4 Å². The lowest BCUT2D eigenvalue weighted by molar-refractivity contribution is -0.136. The van der Waals surface area contributed by atoms with E-state index in [0.717, 1.165) is 25.0 Å². The zero-order valence-electron chi connectivity index (χ0n) is 10.2. The van der Waals surface area contributed by atoms with Gasteiger partial charge in [-0.25, -0.2) is 8.78 Å². The number of piperidine rings is 1. The second-order valence-corrected chi connectivity index (χ2v) is 4.49. The minimum absolute atomic E-state index is 0.0217. The quantitative estimate of drug-likeness (QED) is 0.890. The van der Waals surface area contributed by atoms with Crippen LogP contribution in [0.4, 0.5) is 8.78 Å². The van der Waals surface area contributed by atoms with Crippen molar-refractivity contribution in [2.24, 2.45) is 0 Å². The van der Waals surface area contributed by atoms with Crippen molar-refractivity contribution >= 4 is 5.91 Å². The van der Waals surface area contributed by atoms with Gasteiger partial charge in [0.2, 0.25) is 5.91 Å². The van der Waals surface area contributed by atoms with Crippen LogP contribution in [0, 0.1) is 11.6 Å². The molecule has 0 aromatic heterocycles. The topological polar surface area (TPSA) is 32.3 Å². The molecule has 1 amide bonds. The summed E-state index contributed by atoms with van der Waals surface area (Å²) in [5.41, 5.74) is 0.610. The average Bonchev–Trinajstić information content (AvgIpc) is 2.36. The fourth-order valence-electron chi connectivity index (χ4n) is 2.22. The summed E-state index contributed by atoms with van der Waals surface area (Å²) in [4.78, 5) is 13.7. The van der Waals surface area contributed by atoms with Gasteiger partial charge in [0, 0.05) is 13.1 Å². The summed E-state index contributed by atoms with van der Waals surface area (Å²) < 4.78 is 25.9. The standard InChI is InChI=1S/C13H16F2N2O/c1-16-12-3-2-6-17(13(12)18)8-9-4-5-10(14)11(15)7-9/h4-5,7,12,16H,2-3,6,8H2,1H3. The monoisotopic (exact) mass is 254 g/mol. The van der Waals surface area contributed by atoms with E-state index in [9.17, 15) is 13.6 Å². The Bertz CT molecular complexity index is 451. The molecule has 1 heterocycles. The number of hydrogen-bond donors (Lipinski definition) is 1. The molecule has 1 unspecified atom stereocenters. The van der Waals surface area contributed by atoms with E-state index in [-0.39, 0.29) is 11.9 Å². The molecule has 1 aliphatic rings. The van der Waals surface area contributed by atoms with Gasteiger partial charge in [-0.2, -0.15) is 0 Å². The first kappa shape index (κ1) is 13.0. The Morgan fingerprint density at radius 3 is 2.83 bits per heavy atom. The van der Waals surface area contributed by atoms with Crippen LogP contribution < -0.4 is 5.32 Å². The molecular formula is C13H16F2N2O. The van der Waals surface area contributed by atoms with Gasteiger partial charge in [0.1, 0.15) is 0 Å². The first-order valence-corrected chi connectivity index (χ1v) is 6.02. The smallest absolute Gasteiger partial charge is 0.239 e. The summed E-state index contributed by atoms with van der Waals surface area (Å²) in [5.74, 6) is -1.72. The highest BCUT2D eigenvalue weighted by molar-refractivity contribution is 5.82. The molecule has 3 nitrogen and oxygen atoms in total. The molecule has 1 saturated heterocycles. The van der Waals surface area contributed by atoms with Gasteiger partial charge in [0.05, 0.1) is 6.04 Å². The molecule has 1 aromatic carbocycles. The van der Waals surface area contributed by atoms with Gasteiger partial charge in [0.25, 0.3) is 0 Å². The fraction of sp³-hybridized carbons (Fsp3) is 0.462. The number of amides is 1. The second-order valence-electron chi connectivity index (χ2n) is 4.49. The van der Waals surface area contributed by atoms with Gasteiger partial charge in [-0.05, 0) is 37.6 Å². The lowest BCUT2D eigenvalue weighted by atomic mass is 10.0. The maximum atomic E-state index is 13.1. The van der Waals surface area contributed by atoms with Crippen molar-refractivity contribution in [3.05, 3.63) is 35.4 Å². The van der Waals surface area contributed by atoms with E-state index in [1.165, 1.54) is 6.07 Å². The molecule has 0 spiro atoms. The van der Waals surface area contributed by atoms with Gasteiger partial charge in [-0.15, -0.1) is 0 Å². The van der Waals surface area contributed by atoms with E-state index in [1.807, 2.05) is 0 Å². The van der Waals surface area contributed by atoms with E-state index in [4.69, 9.17) is 0 Å². The average molecular weight is 254 g/mol. The number of halogens is 2. The van der Waals surface area contributed by atoms with Crippen LogP contribution in [0.25, 0.3) is 0 Å². The molecule has 0 bridgehead atoms. The molecule has 0 saturated carbocycles. The molecule has 0 radical (unpaired) electrons. The normalized spacial score (nSPS) is 20.3. The minimum atomic E-state index is -0.873. The zero-order chi connectivity index (χ0) is 13.1. The van der Waals surface area contributed by atoms with E-state index in [0.29, 0.717) is 18.7 Å². The summed E-state index contributed by atoms with van der Waals surface area (Å²) in [6, 6.07) is 3.58.